The van der Waals surface area contributed by atoms with Crippen LogP contribution >= 0.6 is 0 Å². The van der Waals surface area contributed by atoms with Crippen LogP contribution in [-0.2, 0) is 28.3 Å². The molecule has 2 N–H and O–H groups in total. The van der Waals surface area contributed by atoms with Crippen LogP contribution in [0.2, 0.25) is 0 Å². The van der Waals surface area contributed by atoms with Gasteiger partial charge in [-0.05, 0) is 50.3 Å². The van der Waals surface area contributed by atoms with E-state index in [0.29, 0.717) is 53.9 Å². The number of rotatable bonds is 9. The van der Waals surface area contributed by atoms with Crippen LogP contribution in [0.3, 0.4) is 0 Å². The largest absolute Gasteiger partial charge is 0.493 e. The zero-order chi connectivity index (χ0) is 26.0. The molecule has 1 fully saturated rings. The summed E-state index contributed by atoms with van der Waals surface area (Å²) < 4.78 is 35.5. The molecule has 0 aliphatic carbocycles. The van der Waals surface area contributed by atoms with Gasteiger partial charge in [-0.25, -0.2) is 13.4 Å². The van der Waals surface area contributed by atoms with Gasteiger partial charge in [-0.1, -0.05) is 13.3 Å². The Balaban J connectivity index is 1.75. The third-order valence-electron chi connectivity index (χ3n) is 6.43. The fourth-order valence-corrected chi connectivity index (χ4v) is 6.16. The molecule has 3 heterocycles. The molecule has 0 amide bonds. The number of ether oxygens (including phenoxy) is 1. The van der Waals surface area contributed by atoms with Gasteiger partial charge >= 0.3 is 5.97 Å². The van der Waals surface area contributed by atoms with Crippen LogP contribution in [0.25, 0.3) is 22.4 Å². The molecule has 11 nitrogen and oxygen atoms in total. The van der Waals surface area contributed by atoms with Gasteiger partial charge in [0.2, 0.25) is 10.0 Å². The zero-order valence-corrected chi connectivity index (χ0v) is 21.5. The van der Waals surface area contributed by atoms with E-state index in [1.54, 1.807) is 13.1 Å². The number of H-pyrrole nitrogens is 1. The fourth-order valence-electron chi connectivity index (χ4n) is 4.67. The number of carboxylic acids is 1. The molecule has 194 valence electrons. The quantitative estimate of drug-likeness (QED) is 0.440. The number of nitrogens with one attached hydrogen (secondary N) is 1. The zero-order valence-electron chi connectivity index (χ0n) is 20.7. The van der Waals surface area contributed by atoms with Crippen molar-refractivity contribution < 1.29 is 23.1 Å². The summed E-state index contributed by atoms with van der Waals surface area (Å²) in [5.41, 5.74) is 1.53. The number of fused-ring (bicyclic) bond motifs is 1. The van der Waals surface area contributed by atoms with Crippen LogP contribution in [0.15, 0.2) is 27.9 Å². The molecule has 2 aromatic heterocycles. The van der Waals surface area contributed by atoms with E-state index in [9.17, 15) is 18.0 Å². The van der Waals surface area contributed by atoms with E-state index < -0.39 is 16.0 Å². The van der Waals surface area contributed by atoms with Gasteiger partial charge in [0, 0.05) is 26.6 Å². The molecule has 0 atom stereocenters. The van der Waals surface area contributed by atoms with E-state index in [-0.39, 0.29) is 41.7 Å². The van der Waals surface area contributed by atoms with Crippen molar-refractivity contribution in [2.75, 3.05) is 19.7 Å². The normalized spacial score (nSPS) is 15.4. The second kappa shape index (κ2) is 10.4. The van der Waals surface area contributed by atoms with Crippen molar-refractivity contribution >= 4 is 27.0 Å². The lowest BCUT2D eigenvalue weighted by Crippen LogP contribution is -2.38. The lowest BCUT2D eigenvalue weighted by molar-refractivity contribution is -0.138. The van der Waals surface area contributed by atoms with Crippen molar-refractivity contribution in [1.29, 1.82) is 0 Å². The molecule has 0 radical (unpaired) electrons. The highest BCUT2D eigenvalue weighted by Crippen LogP contribution is 2.33. The third-order valence-corrected chi connectivity index (χ3v) is 8.32. The highest BCUT2D eigenvalue weighted by molar-refractivity contribution is 7.89. The summed E-state index contributed by atoms with van der Waals surface area (Å²) in [6.07, 6.45) is 2.50. The first-order valence-corrected chi connectivity index (χ1v) is 13.5. The predicted molar refractivity (Wildman–Crippen MR) is 133 cm³/mol. The Morgan fingerprint density at radius 1 is 1.25 bits per heavy atom. The number of aromatic amines is 1. The molecular weight excluding hydrogens is 486 g/mol. The van der Waals surface area contributed by atoms with Gasteiger partial charge < -0.3 is 14.8 Å². The van der Waals surface area contributed by atoms with Gasteiger partial charge in [0.05, 0.1) is 22.8 Å². The summed E-state index contributed by atoms with van der Waals surface area (Å²) in [7, 11) is -2.16. The van der Waals surface area contributed by atoms with Crippen molar-refractivity contribution in [2.45, 2.75) is 50.8 Å². The highest BCUT2D eigenvalue weighted by Gasteiger charge is 2.31. The topological polar surface area (TPSA) is 147 Å². The van der Waals surface area contributed by atoms with E-state index in [1.807, 2.05) is 13.8 Å². The lowest BCUT2D eigenvalue weighted by Gasteiger charge is -2.30. The molecular formula is C24H31N5O6S. The molecule has 0 bridgehead atoms. The van der Waals surface area contributed by atoms with Crippen LogP contribution in [0.5, 0.6) is 5.75 Å². The van der Waals surface area contributed by atoms with Crippen molar-refractivity contribution in [3.8, 4) is 17.1 Å². The monoisotopic (exact) mass is 517 g/mol. The average Bonchev–Trinajstić information content (AvgIpc) is 3.15. The number of carboxylic acid groups (broad SMARTS) is 1. The molecule has 3 aromatic rings. The molecule has 0 saturated carbocycles. The molecule has 1 aliphatic heterocycles. The molecule has 1 saturated heterocycles. The Hall–Kier alpha value is -3.25. The summed E-state index contributed by atoms with van der Waals surface area (Å²) in [4.78, 5) is 31.5. The number of piperidine rings is 1. The number of hydrogen-bond donors (Lipinski definition) is 2. The summed E-state index contributed by atoms with van der Waals surface area (Å²) in [5.74, 6) is -0.303. The van der Waals surface area contributed by atoms with Crippen molar-refractivity contribution in [2.24, 2.45) is 13.0 Å². The number of aliphatic carboxylic acids is 1. The molecule has 36 heavy (non-hydrogen) atoms. The minimum absolute atomic E-state index is 0.0387. The SMILES string of the molecule is CCCc1nn(C)c2c(=O)[nH]c(-c3cc(S(=O)(=O)N4CCC(CC(=O)O)CC4)ccc3OCC)nc12. The first-order valence-electron chi connectivity index (χ1n) is 12.1. The standard InChI is InChI=1S/C24H31N5O6S/c1-4-6-18-21-22(28(3)27-18)24(32)26-23(25-21)17-14-16(7-8-19(17)35-5-2)36(33,34)29-11-9-15(10-12-29)13-20(30)31/h7-8,14-15H,4-6,9-13H2,1-3H3,(H,30,31)(H,25,26,32). The molecule has 0 unspecified atom stereocenters. The first kappa shape index (κ1) is 25.8. The van der Waals surface area contributed by atoms with Crippen LogP contribution in [0.1, 0.15) is 45.2 Å². The third kappa shape index (κ3) is 5.00. The smallest absolute Gasteiger partial charge is 0.303 e. The van der Waals surface area contributed by atoms with Crippen molar-refractivity contribution in [1.82, 2.24) is 24.1 Å². The Bertz CT molecular complexity index is 1440. The van der Waals surface area contributed by atoms with Gasteiger partial charge in [0.15, 0.2) is 5.52 Å². The Morgan fingerprint density at radius 2 is 1.97 bits per heavy atom. The average molecular weight is 518 g/mol. The van der Waals surface area contributed by atoms with Crippen LogP contribution in [0, 0.1) is 5.92 Å². The number of sulfonamides is 1. The van der Waals surface area contributed by atoms with E-state index >= 15 is 0 Å². The maximum Gasteiger partial charge on any atom is 0.303 e. The summed E-state index contributed by atoms with van der Waals surface area (Å²) in [5, 5.41) is 13.5. The number of carbonyl (C=O) groups is 1. The number of aryl methyl sites for hydroxylation is 2. The number of aromatic nitrogens is 4. The first-order chi connectivity index (χ1) is 17.1. The molecule has 1 aromatic carbocycles. The van der Waals surface area contributed by atoms with E-state index in [4.69, 9.17) is 9.84 Å². The number of benzene rings is 1. The maximum atomic E-state index is 13.5. The van der Waals surface area contributed by atoms with Gasteiger partial charge in [-0.15, -0.1) is 0 Å². The number of hydrogen-bond acceptors (Lipinski definition) is 7. The van der Waals surface area contributed by atoms with Gasteiger partial charge in [-0.2, -0.15) is 9.40 Å². The second-order valence-corrected chi connectivity index (χ2v) is 10.9. The van der Waals surface area contributed by atoms with E-state index in [1.165, 1.54) is 21.1 Å². The van der Waals surface area contributed by atoms with Crippen molar-refractivity contribution in [3.63, 3.8) is 0 Å². The van der Waals surface area contributed by atoms with E-state index in [2.05, 4.69) is 15.1 Å². The minimum atomic E-state index is -3.85. The van der Waals surface area contributed by atoms with E-state index in [0.717, 1.165) is 6.42 Å². The second-order valence-electron chi connectivity index (χ2n) is 8.97. The van der Waals surface area contributed by atoms with Crippen LogP contribution in [0.4, 0.5) is 0 Å². The van der Waals surface area contributed by atoms with Gasteiger partial charge in [-0.3, -0.25) is 14.3 Å². The molecule has 4 rings (SSSR count). The van der Waals surface area contributed by atoms with Gasteiger partial charge in [0.1, 0.15) is 17.1 Å². The molecule has 0 spiro atoms. The Morgan fingerprint density at radius 3 is 2.61 bits per heavy atom. The lowest BCUT2D eigenvalue weighted by atomic mass is 9.95. The highest BCUT2D eigenvalue weighted by atomic mass is 32.2. The molecule has 1 aliphatic rings. The summed E-state index contributed by atoms with van der Waals surface area (Å²) in [6.45, 7) is 4.67. The minimum Gasteiger partial charge on any atom is -0.493 e. The predicted octanol–water partition coefficient (Wildman–Crippen LogP) is 2.55. The van der Waals surface area contributed by atoms with Crippen LogP contribution in [-0.4, -0.2) is 63.2 Å². The van der Waals surface area contributed by atoms with Gasteiger partial charge in [0.25, 0.3) is 5.56 Å². The van der Waals surface area contributed by atoms with Crippen molar-refractivity contribution in [3.05, 3.63) is 34.2 Å². The fraction of sp³-hybridized carbons (Fsp3) is 0.500. The summed E-state index contributed by atoms with van der Waals surface area (Å²) in [6, 6.07) is 4.53. The van der Waals surface area contributed by atoms with Crippen LogP contribution < -0.4 is 10.3 Å². The maximum absolute atomic E-state index is 13.5. The Labute approximate surface area is 209 Å². The molecule has 12 heteroatoms. The summed E-state index contributed by atoms with van der Waals surface area (Å²) >= 11 is 0. The Kier molecular flexibility index (Phi) is 7.46. The number of nitrogens with zero attached hydrogens (tertiary/aromatic N) is 4.